The van der Waals surface area contributed by atoms with Gasteiger partial charge in [-0.05, 0) is 12.1 Å². The zero-order valence-electron chi connectivity index (χ0n) is 7.86. The van der Waals surface area contributed by atoms with Gasteiger partial charge in [-0.15, -0.1) is 0 Å². The topological polar surface area (TPSA) is 37.3 Å². The Labute approximate surface area is 90.5 Å². The average molecular weight is 258 g/mol. The summed E-state index contributed by atoms with van der Waals surface area (Å²) < 4.78 is 73.9. The van der Waals surface area contributed by atoms with Crippen molar-refractivity contribution in [1.82, 2.24) is 0 Å². The lowest BCUT2D eigenvalue weighted by molar-refractivity contribution is -0.162. The minimum atomic E-state index is -5.27. The highest BCUT2D eigenvalue weighted by Gasteiger charge is 2.43. The third-order valence-electron chi connectivity index (χ3n) is 1.90. The molecule has 0 aliphatic carbocycles. The fraction of sp³-hybridized carbons (Fsp3) is 0.222. The molecule has 0 spiro atoms. The van der Waals surface area contributed by atoms with E-state index in [1.54, 1.807) is 0 Å². The molecule has 0 atom stereocenters. The normalized spacial score (nSPS) is 12.6. The number of aldehydes is 1. The molecule has 0 aliphatic heterocycles. The summed E-state index contributed by atoms with van der Waals surface area (Å²) in [6.07, 6.45) is -10.7. The first-order valence-electron chi connectivity index (χ1n) is 4.04. The summed E-state index contributed by atoms with van der Waals surface area (Å²) in [5, 5.41) is 8.95. The van der Waals surface area contributed by atoms with Crippen molar-refractivity contribution in [1.29, 1.82) is 0 Å². The molecular formula is C9H4F6O2. The van der Waals surface area contributed by atoms with Crippen LogP contribution in [0.4, 0.5) is 26.3 Å². The van der Waals surface area contributed by atoms with Gasteiger partial charge >= 0.3 is 12.4 Å². The van der Waals surface area contributed by atoms with Gasteiger partial charge < -0.3 is 5.11 Å². The molecule has 1 aromatic rings. The molecule has 0 aromatic heterocycles. The van der Waals surface area contributed by atoms with Crippen LogP contribution in [0.3, 0.4) is 0 Å². The van der Waals surface area contributed by atoms with Crippen LogP contribution in [0.1, 0.15) is 21.5 Å². The number of carbonyl (C=O) groups is 1. The van der Waals surface area contributed by atoms with Crippen LogP contribution in [0.25, 0.3) is 0 Å². The molecule has 94 valence electrons. The summed E-state index contributed by atoms with van der Waals surface area (Å²) in [6.45, 7) is 0. The standard InChI is InChI=1S/C9H4F6O2/c10-8(11,12)5-1-4(3-16)7(17)2-6(5)9(13,14)15/h1-3,17H. The molecule has 0 aliphatic rings. The molecule has 2 nitrogen and oxygen atoms in total. The number of alkyl halides is 6. The smallest absolute Gasteiger partial charge is 0.417 e. The Morgan fingerprint density at radius 2 is 1.35 bits per heavy atom. The van der Waals surface area contributed by atoms with E-state index >= 15 is 0 Å². The van der Waals surface area contributed by atoms with Crippen LogP contribution in [0.15, 0.2) is 12.1 Å². The molecular weight excluding hydrogens is 254 g/mol. The number of aromatic hydroxyl groups is 1. The number of rotatable bonds is 1. The SMILES string of the molecule is O=Cc1cc(C(F)(F)F)c(C(F)(F)F)cc1O. The Kier molecular flexibility index (Phi) is 3.09. The summed E-state index contributed by atoms with van der Waals surface area (Å²) in [7, 11) is 0. The molecule has 0 radical (unpaired) electrons. The van der Waals surface area contributed by atoms with E-state index in [0.29, 0.717) is 0 Å². The highest BCUT2D eigenvalue weighted by molar-refractivity contribution is 5.80. The van der Waals surface area contributed by atoms with Crippen molar-refractivity contribution >= 4 is 6.29 Å². The number of phenolic OH excluding ortho intramolecular Hbond substituents is 1. The molecule has 0 saturated carbocycles. The van der Waals surface area contributed by atoms with E-state index in [9.17, 15) is 31.1 Å². The van der Waals surface area contributed by atoms with Crippen LogP contribution in [0, 0.1) is 0 Å². The quantitative estimate of drug-likeness (QED) is 0.620. The van der Waals surface area contributed by atoms with Crippen LogP contribution < -0.4 is 0 Å². The van der Waals surface area contributed by atoms with Gasteiger partial charge in [0, 0.05) is 0 Å². The lowest BCUT2D eigenvalue weighted by atomic mass is 10.0. The van der Waals surface area contributed by atoms with E-state index in [0.717, 1.165) is 0 Å². The number of carbonyl (C=O) groups excluding carboxylic acids is 1. The van der Waals surface area contributed by atoms with Gasteiger partial charge in [0.05, 0.1) is 16.7 Å². The summed E-state index contributed by atoms with van der Waals surface area (Å²) >= 11 is 0. The highest BCUT2D eigenvalue weighted by atomic mass is 19.4. The van der Waals surface area contributed by atoms with Crippen molar-refractivity contribution in [3.8, 4) is 5.75 Å². The molecule has 0 amide bonds. The van der Waals surface area contributed by atoms with Gasteiger partial charge in [-0.2, -0.15) is 26.3 Å². The molecule has 0 bridgehead atoms. The van der Waals surface area contributed by atoms with E-state index in [1.807, 2.05) is 0 Å². The van der Waals surface area contributed by atoms with Crippen molar-refractivity contribution in [3.63, 3.8) is 0 Å². The van der Waals surface area contributed by atoms with E-state index in [-0.39, 0.29) is 18.4 Å². The Morgan fingerprint density at radius 1 is 0.941 bits per heavy atom. The molecule has 1 N–H and O–H groups in total. The van der Waals surface area contributed by atoms with Crippen molar-refractivity contribution in [3.05, 3.63) is 28.8 Å². The molecule has 1 rings (SSSR count). The van der Waals surface area contributed by atoms with Crippen molar-refractivity contribution in [2.75, 3.05) is 0 Å². The predicted octanol–water partition coefficient (Wildman–Crippen LogP) is 3.24. The van der Waals surface area contributed by atoms with Crippen LogP contribution >= 0.6 is 0 Å². The van der Waals surface area contributed by atoms with Gasteiger partial charge in [0.15, 0.2) is 6.29 Å². The first kappa shape index (κ1) is 13.3. The summed E-state index contributed by atoms with van der Waals surface area (Å²) in [5.41, 5.74) is -4.90. The van der Waals surface area contributed by atoms with Gasteiger partial charge in [0.2, 0.25) is 0 Å². The number of phenols is 1. The molecule has 8 heteroatoms. The lowest BCUT2D eigenvalue weighted by Gasteiger charge is -2.16. The van der Waals surface area contributed by atoms with Crippen molar-refractivity contribution < 1.29 is 36.2 Å². The molecule has 0 unspecified atom stereocenters. The van der Waals surface area contributed by atoms with Gasteiger partial charge in [-0.25, -0.2) is 0 Å². The number of halogens is 6. The van der Waals surface area contributed by atoms with Gasteiger partial charge in [0.25, 0.3) is 0 Å². The maximum Gasteiger partial charge on any atom is 0.417 e. The van der Waals surface area contributed by atoms with E-state index in [2.05, 4.69) is 0 Å². The zero-order valence-corrected chi connectivity index (χ0v) is 7.86. The van der Waals surface area contributed by atoms with E-state index < -0.39 is 34.8 Å². The predicted molar refractivity (Wildman–Crippen MR) is 43.5 cm³/mol. The Morgan fingerprint density at radius 3 is 1.71 bits per heavy atom. The van der Waals surface area contributed by atoms with Crippen molar-refractivity contribution in [2.24, 2.45) is 0 Å². The number of benzene rings is 1. The molecule has 0 heterocycles. The Balaban J connectivity index is 3.59. The second-order valence-corrected chi connectivity index (χ2v) is 3.07. The molecule has 0 fully saturated rings. The molecule has 17 heavy (non-hydrogen) atoms. The zero-order chi connectivity index (χ0) is 13.4. The van der Waals surface area contributed by atoms with Crippen LogP contribution in [0.5, 0.6) is 5.75 Å². The summed E-state index contributed by atoms with van der Waals surface area (Å²) in [4.78, 5) is 10.3. The Bertz CT molecular complexity index is 446. The summed E-state index contributed by atoms with van der Waals surface area (Å²) in [5.74, 6) is -1.15. The second-order valence-electron chi connectivity index (χ2n) is 3.07. The molecule has 0 saturated heterocycles. The third-order valence-corrected chi connectivity index (χ3v) is 1.90. The minimum absolute atomic E-state index is 0.0366. The number of hydrogen-bond donors (Lipinski definition) is 1. The highest BCUT2D eigenvalue weighted by Crippen LogP contribution is 2.42. The lowest BCUT2D eigenvalue weighted by Crippen LogP contribution is -2.17. The average Bonchev–Trinajstić information content (AvgIpc) is 2.14. The second kappa shape index (κ2) is 3.94. The van der Waals surface area contributed by atoms with Crippen LogP contribution in [-0.2, 0) is 12.4 Å². The maximum absolute atomic E-state index is 12.3. The fourth-order valence-corrected chi connectivity index (χ4v) is 1.17. The first-order chi connectivity index (χ1) is 7.57. The largest absolute Gasteiger partial charge is 0.507 e. The van der Waals surface area contributed by atoms with Crippen LogP contribution in [-0.4, -0.2) is 11.4 Å². The van der Waals surface area contributed by atoms with Gasteiger partial charge in [-0.1, -0.05) is 0 Å². The van der Waals surface area contributed by atoms with E-state index in [1.165, 1.54) is 0 Å². The Hall–Kier alpha value is -1.73. The maximum atomic E-state index is 12.3. The number of hydrogen-bond acceptors (Lipinski definition) is 2. The monoisotopic (exact) mass is 258 g/mol. The minimum Gasteiger partial charge on any atom is -0.507 e. The van der Waals surface area contributed by atoms with E-state index in [4.69, 9.17) is 5.11 Å². The van der Waals surface area contributed by atoms with Gasteiger partial charge in [0.1, 0.15) is 5.75 Å². The van der Waals surface area contributed by atoms with Gasteiger partial charge in [-0.3, -0.25) is 4.79 Å². The summed E-state index contributed by atoms with van der Waals surface area (Å²) in [6, 6.07) is -0.155. The third kappa shape index (κ3) is 2.69. The fourth-order valence-electron chi connectivity index (χ4n) is 1.17. The van der Waals surface area contributed by atoms with Crippen LogP contribution in [0.2, 0.25) is 0 Å². The molecule has 1 aromatic carbocycles. The first-order valence-corrected chi connectivity index (χ1v) is 4.04. The van der Waals surface area contributed by atoms with Crippen molar-refractivity contribution in [2.45, 2.75) is 12.4 Å².